The molecule has 2 heterocycles. The van der Waals surface area contributed by atoms with Crippen LogP contribution in [0.4, 0.5) is 5.69 Å². The minimum atomic E-state index is -0.228. The quantitative estimate of drug-likeness (QED) is 0.919. The van der Waals surface area contributed by atoms with Gasteiger partial charge in [-0.25, -0.2) is 0 Å². The average Bonchev–Trinajstić information content (AvgIpc) is 2.83. The van der Waals surface area contributed by atoms with Gasteiger partial charge in [0.05, 0.1) is 10.7 Å². The minimum Gasteiger partial charge on any atom is -0.320 e. The van der Waals surface area contributed by atoms with Crippen molar-refractivity contribution in [2.75, 3.05) is 18.4 Å². The lowest BCUT2D eigenvalue weighted by Crippen LogP contribution is -2.29. The van der Waals surface area contributed by atoms with E-state index in [1.165, 1.54) is 23.9 Å². The molecule has 24 heavy (non-hydrogen) atoms. The second-order valence-corrected chi connectivity index (χ2v) is 6.70. The highest BCUT2D eigenvalue weighted by molar-refractivity contribution is 6.34. The van der Waals surface area contributed by atoms with Crippen LogP contribution in [-0.4, -0.2) is 33.7 Å². The van der Waals surface area contributed by atoms with Gasteiger partial charge in [-0.05, 0) is 44.5 Å². The predicted octanol–water partition coefficient (Wildman–Crippen LogP) is 3.62. The topological polar surface area (TPSA) is 50.2 Å². The van der Waals surface area contributed by atoms with Crippen LogP contribution in [0.3, 0.4) is 0 Å². The second-order valence-electron chi connectivity index (χ2n) is 6.32. The molecule has 1 saturated heterocycles. The number of rotatable bonds is 4. The molecule has 1 N–H and O–H groups in total. The molecule has 1 aromatic heterocycles. The summed E-state index contributed by atoms with van der Waals surface area (Å²) in [6.07, 6.45) is 3.81. The summed E-state index contributed by atoms with van der Waals surface area (Å²) >= 11 is 6.22. The van der Waals surface area contributed by atoms with E-state index in [0.29, 0.717) is 16.4 Å². The highest BCUT2D eigenvalue weighted by atomic mass is 35.5. The molecule has 1 aliphatic heterocycles. The van der Waals surface area contributed by atoms with E-state index in [1.54, 1.807) is 14.0 Å². The molecule has 0 spiro atoms. The van der Waals surface area contributed by atoms with E-state index in [0.717, 1.165) is 30.9 Å². The number of aromatic nitrogens is 2. The Balaban J connectivity index is 1.78. The third-order valence-electron chi connectivity index (χ3n) is 4.47. The standard InChI is InChI=1S/C18H23ClN4O/c1-13-16(19)17(22(2)21-13)18(24)20-15-9-5-4-8-14(15)12-23-10-6-3-7-11-23/h4-5,8-9H,3,6-7,10-12H2,1-2H3,(H,20,24). The zero-order chi connectivity index (χ0) is 17.1. The van der Waals surface area contributed by atoms with E-state index < -0.39 is 0 Å². The maximum atomic E-state index is 12.6. The third-order valence-corrected chi connectivity index (χ3v) is 4.92. The number of anilines is 1. The molecule has 3 rings (SSSR count). The van der Waals surface area contributed by atoms with Crippen LogP contribution in [0.15, 0.2) is 24.3 Å². The summed E-state index contributed by atoms with van der Waals surface area (Å²) in [4.78, 5) is 15.1. The summed E-state index contributed by atoms with van der Waals surface area (Å²) in [5, 5.41) is 7.61. The second kappa shape index (κ2) is 7.36. The number of nitrogens with zero attached hydrogens (tertiary/aromatic N) is 3. The summed E-state index contributed by atoms with van der Waals surface area (Å²) in [5.74, 6) is -0.228. The van der Waals surface area contributed by atoms with Crippen molar-refractivity contribution in [3.8, 4) is 0 Å². The number of carbonyl (C=O) groups excluding carboxylic acids is 1. The van der Waals surface area contributed by atoms with Crippen molar-refractivity contribution in [3.63, 3.8) is 0 Å². The monoisotopic (exact) mass is 346 g/mol. The van der Waals surface area contributed by atoms with E-state index in [2.05, 4.69) is 21.4 Å². The molecule has 5 nitrogen and oxygen atoms in total. The molecule has 0 bridgehead atoms. The van der Waals surface area contributed by atoms with E-state index in [4.69, 9.17) is 11.6 Å². The molecule has 128 valence electrons. The molecular formula is C18H23ClN4O. The Morgan fingerprint density at radius 2 is 1.96 bits per heavy atom. The number of halogens is 1. The molecule has 1 aromatic carbocycles. The fourth-order valence-corrected chi connectivity index (χ4v) is 3.44. The third kappa shape index (κ3) is 3.62. The van der Waals surface area contributed by atoms with Crippen molar-refractivity contribution in [2.24, 2.45) is 7.05 Å². The lowest BCUT2D eigenvalue weighted by Gasteiger charge is -2.27. The molecule has 0 radical (unpaired) electrons. The largest absolute Gasteiger partial charge is 0.320 e. The van der Waals surface area contributed by atoms with E-state index >= 15 is 0 Å². The first-order valence-corrected chi connectivity index (χ1v) is 8.75. The van der Waals surface area contributed by atoms with Gasteiger partial charge < -0.3 is 5.32 Å². The van der Waals surface area contributed by atoms with Crippen LogP contribution in [0.25, 0.3) is 0 Å². The number of carbonyl (C=O) groups is 1. The fourth-order valence-electron chi connectivity index (χ4n) is 3.20. The number of para-hydroxylation sites is 1. The Labute approximate surface area is 147 Å². The van der Waals surface area contributed by atoms with E-state index in [-0.39, 0.29) is 5.91 Å². The molecule has 0 aliphatic carbocycles. The van der Waals surface area contributed by atoms with Crippen LogP contribution < -0.4 is 5.32 Å². The predicted molar refractivity (Wildman–Crippen MR) is 96.5 cm³/mol. The molecule has 0 atom stereocenters. The van der Waals surface area contributed by atoms with Crippen molar-refractivity contribution in [3.05, 3.63) is 46.2 Å². The smallest absolute Gasteiger partial charge is 0.275 e. The van der Waals surface area contributed by atoms with Crippen molar-refractivity contribution < 1.29 is 4.79 Å². The molecule has 6 heteroatoms. The number of hydrogen-bond acceptors (Lipinski definition) is 3. The molecule has 1 aliphatic rings. The van der Waals surface area contributed by atoms with Gasteiger partial charge in [-0.1, -0.05) is 36.2 Å². The summed E-state index contributed by atoms with van der Waals surface area (Å²) in [6, 6.07) is 7.95. The van der Waals surface area contributed by atoms with Crippen LogP contribution in [0.1, 0.15) is 41.0 Å². The van der Waals surface area contributed by atoms with Crippen LogP contribution >= 0.6 is 11.6 Å². The number of nitrogens with one attached hydrogen (secondary N) is 1. The fraction of sp³-hybridized carbons (Fsp3) is 0.444. The number of amides is 1. The molecule has 1 fully saturated rings. The van der Waals surface area contributed by atoms with Crippen molar-refractivity contribution >= 4 is 23.2 Å². The van der Waals surface area contributed by atoms with Gasteiger partial charge in [0.1, 0.15) is 5.69 Å². The minimum absolute atomic E-state index is 0.228. The normalized spacial score (nSPS) is 15.5. The van der Waals surface area contributed by atoms with E-state index in [9.17, 15) is 4.79 Å². The van der Waals surface area contributed by atoms with Crippen LogP contribution in [0.2, 0.25) is 5.02 Å². The van der Waals surface area contributed by atoms with Gasteiger partial charge in [-0.2, -0.15) is 5.10 Å². The average molecular weight is 347 g/mol. The van der Waals surface area contributed by atoms with Crippen LogP contribution in [-0.2, 0) is 13.6 Å². The highest BCUT2D eigenvalue weighted by Gasteiger charge is 2.20. The Morgan fingerprint density at radius 1 is 1.25 bits per heavy atom. The molecule has 1 amide bonds. The zero-order valence-corrected chi connectivity index (χ0v) is 14.9. The van der Waals surface area contributed by atoms with Gasteiger partial charge in [0.15, 0.2) is 0 Å². The SMILES string of the molecule is Cc1nn(C)c(C(=O)Nc2ccccc2CN2CCCCC2)c1Cl. The first kappa shape index (κ1) is 17.0. The Kier molecular flexibility index (Phi) is 5.21. The Hall–Kier alpha value is -1.85. The van der Waals surface area contributed by atoms with Crippen molar-refractivity contribution in [1.29, 1.82) is 0 Å². The zero-order valence-electron chi connectivity index (χ0n) is 14.2. The first-order chi connectivity index (χ1) is 11.6. The van der Waals surface area contributed by atoms with Gasteiger partial charge in [-0.3, -0.25) is 14.4 Å². The van der Waals surface area contributed by atoms with Gasteiger partial charge in [0.25, 0.3) is 5.91 Å². The Morgan fingerprint density at radius 3 is 2.62 bits per heavy atom. The molecule has 2 aromatic rings. The molecule has 0 unspecified atom stereocenters. The first-order valence-electron chi connectivity index (χ1n) is 8.37. The number of aryl methyl sites for hydroxylation is 2. The summed E-state index contributed by atoms with van der Waals surface area (Å²) < 4.78 is 1.53. The molecular weight excluding hydrogens is 324 g/mol. The van der Waals surface area contributed by atoms with E-state index in [1.807, 2.05) is 18.2 Å². The van der Waals surface area contributed by atoms with Crippen LogP contribution in [0.5, 0.6) is 0 Å². The van der Waals surface area contributed by atoms with Gasteiger partial charge in [0, 0.05) is 19.3 Å². The van der Waals surface area contributed by atoms with Crippen molar-refractivity contribution in [2.45, 2.75) is 32.7 Å². The number of piperidine rings is 1. The maximum Gasteiger partial charge on any atom is 0.275 e. The van der Waals surface area contributed by atoms with Crippen LogP contribution in [0, 0.1) is 6.92 Å². The van der Waals surface area contributed by atoms with Crippen molar-refractivity contribution in [1.82, 2.24) is 14.7 Å². The number of benzene rings is 1. The Bertz CT molecular complexity index is 735. The molecule has 0 saturated carbocycles. The van der Waals surface area contributed by atoms with Gasteiger partial charge >= 0.3 is 0 Å². The lowest BCUT2D eigenvalue weighted by atomic mass is 10.1. The lowest BCUT2D eigenvalue weighted by molar-refractivity contribution is 0.101. The summed E-state index contributed by atoms with van der Waals surface area (Å²) in [6.45, 7) is 4.89. The highest BCUT2D eigenvalue weighted by Crippen LogP contribution is 2.23. The van der Waals surface area contributed by atoms with Gasteiger partial charge in [0.2, 0.25) is 0 Å². The maximum absolute atomic E-state index is 12.6. The van der Waals surface area contributed by atoms with Gasteiger partial charge in [-0.15, -0.1) is 0 Å². The number of hydrogen-bond donors (Lipinski definition) is 1. The summed E-state index contributed by atoms with van der Waals surface area (Å²) in [5.41, 5.74) is 3.01. The number of likely N-dealkylation sites (tertiary alicyclic amines) is 1. The summed E-state index contributed by atoms with van der Waals surface area (Å²) in [7, 11) is 1.73.